The molecule has 0 saturated carbocycles. The van der Waals surface area contributed by atoms with Gasteiger partial charge < -0.3 is 10.1 Å². The van der Waals surface area contributed by atoms with Crippen molar-refractivity contribution in [2.45, 2.75) is 32.6 Å². The molecule has 0 saturated heterocycles. The van der Waals surface area contributed by atoms with Crippen molar-refractivity contribution in [1.82, 2.24) is 25.9 Å². The first kappa shape index (κ1) is 14.1. The van der Waals surface area contributed by atoms with Crippen molar-refractivity contribution in [3.63, 3.8) is 0 Å². The molecule has 106 valence electrons. The summed E-state index contributed by atoms with van der Waals surface area (Å²) in [6.45, 7) is 3.89. The maximum absolute atomic E-state index is 11.9. The molecule has 1 aromatic heterocycles. The number of hydrogen-bond acceptors (Lipinski definition) is 5. The van der Waals surface area contributed by atoms with E-state index in [4.69, 9.17) is 4.74 Å². The second-order valence-corrected chi connectivity index (χ2v) is 4.44. The average Bonchev–Trinajstić information content (AvgIpc) is 3.00. The van der Waals surface area contributed by atoms with Crippen LogP contribution in [-0.4, -0.2) is 32.6 Å². The van der Waals surface area contributed by atoms with E-state index in [9.17, 15) is 4.79 Å². The fraction of sp³-hybridized carbons (Fsp3) is 0.385. The van der Waals surface area contributed by atoms with E-state index in [0.717, 1.165) is 5.56 Å². The number of hydrogen-bond donors (Lipinski definition) is 2. The molecule has 2 N–H and O–H groups in total. The summed E-state index contributed by atoms with van der Waals surface area (Å²) >= 11 is 0. The van der Waals surface area contributed by atoms with Crippen LogP contribution in [0.5, 0.6) is 0 Å². The highest BCUT2D eigenvalue weighted by atomic mass is 16.5. The first-order chi connectivity index (χ1) is 9.66. The number of amides is 1. The van der Waals surface area contributed by atoms with Gasteiger partial charge in [-0.05, 0) is 19.4 Å². The van der Waals surface area contributed by atoms with Crippen LogP contribution in [0.3, 0.4) is 0 Å². The van der Waals surface area contributed by atoms with Crippen molar-refractivity contribution >= 4 is 5.91 Å². The van der Waals surface area contributed by atoms with Crippen LogP contribution in [-0.2, 0) is 16.1 Å². The van der Waals surface area contributed by atoms with Gasteiger partial charge in [0, 0.05) is 0 Å². The van der Waals surface area contributed by atoms with Gasteiger partial charge in [-0.15, -0.1) is 10.2 Å². The highest BCUT2D eigenvalue weighted by Crippen LogP contribution is 2.06. The molecule has 0 radical (unpaired) electrons. The number of nitrogens with one attached hydrogen (secondary N) is 2. The number of H-pyrrole nitrogens is 1. The molecule has 2 unspecified atom stereocenters. The van der Waals surface area contributed by atoms with Crippen molar-refractivity contribution in [2.75, 3.05) is 0 Å². The van der Waals surface area contributed by atoms with E-state index in [1.54, 1.807) is 13.8 Å². The standard InChI is InChI=1S/C13H17N5O2/c1-9(12-15-17-18-16-12)14-13(19)10(2)20-8-11-6-4-3-5-7-11/h3-7,9-10H,8H2,1-2H3,(H,14,19)(H,15,16,17,18). The Morgan fingerprint density at radius 2 is 2.10 bits per heavy atom. The molecule has 20 heavy (non-hydrogen) atoms. The lowest BCUT2D eigenvalue weighted by atomic mass is 10.2. The molecule has 0 aliphatic carbocycles. The second-order valence-electron chi connectivity index (χ2n) is 4.44. The summed E-state index contributed by atoms with van der Waals surface area (Å²) in [7, 11) is 0. The number of aromatic amines is 1. The molecule has 2 atom stereocenters. The third-order valence-corrected chi connectivity index (χ3v) is 2.82. The fourth-order valence-corrected chi connectivity index (χ4v) is 1.62. The van der Waals surface area contributed by atoms with Gasteiger partial charge in [-0.3, -0.25) is 4.79 Å². The monoisotopic (exact) mass is 275 g/mol. The Labute approximate surface area is 116 Å². The highest BCUT2D eigenvalue weighted by Gasteiger charge is 2.18. The van der Waals surface area contributed by atoms with Crippen molar-refractivity contribution in [3.8, 4) is 0 Å². The molecular weight excluding hydrogens is 258 g/mol. The van der Waals surface area contributed by atoms with E-state index in [2.05, 4.69) is 25.9 Å². The Balaban J connectivity index is 1.80. The molecule has 2 aromatic rings. The first-order valence-corrected chi connectivity index (χ1v) is 6.36. The average molecular weight is 275 g/mol. The van der Waals surface area contributed by atoms with E-state index < -0.39 is 6.10 Å². The second kappa shape index (κ2) is 6.76. The molecule has 7 heteroatoms. The molecule has 0 spiro atoms. The summed E-state index contributed by atoms with van der Waals surface area (Å²) < 4.78 is 5.53. The maximum atomic E-state index is 11.9. The van der Waals surface area contributed by atoms with Crippen LogP contribution in [0.4, 0.5) is 0 Å². The summed E-state index contributed by atoms with van der Waals surface area (Å²) in [5, 5.41) is 16.2. The van der Waals surface area contributed by atoms with E-state index in [1.165, 1.54) is 0 Å². The summed E-state index contributed by atoms with van der Waals surface area (Å²) in [6.07, 6.45) is -0.551. The number of ether oxygens (including phenoxy) is 1. The largest absolute Gasteiger partial charge is 0.364 e. The van der Waals surface area contributed by atoms with Crippen LogP contribution in [0.15, 0.2) is 30.3 Å². The van der Waals surface area contributed by atoms with E-state index in [1.807, 2.05) is 30.3 Å². The number of nitrogens with zero attached hydrogens (tertiary/aromatic N) is 3. The lowest BCUT2D eigenvalue weighted by molar-refractivity contribution is -0.133. The van der Waals surface area contributed by atoms with Crippen molar-refractivity contribution in [1.29, 1.82) is 0 Å². The fourth-order valence-electron chi connectivity index (χ4n) is 1.62. The summed E-state index contributed by atoms with van der Waals surface area (Å²) in [5.41, 5.74) is 1.03. The number of rotatable bonds is 6. The van der Waals surface area contributed by atoms with E-state index in [0.29, 0.717) is 12.4 Å². The molecule has 1 heterocycles. The normalized spacial score (nSPS) is 13.7. The maximum Gasteiger partial charge on any atom is 0.249 e. The molecule has 0 aliphatic rings. The zero-order valence-corrected chi connectivity index (χ0v) is 11.4. The van der Waals surface area contributed by atoms with Crippen LogP contribution in [0.1, 0.15) is 31.3 Å². The molecule has 2 rings (SSSR count). The van der Waals surface area contributed by atoms with Gasteiger partial charge in [-0.2, -0.15) is 5.21 Å². The topological polar surface area (TPSA) is 92.8 Å². The zero-order valence-electron chi connectivity index (χ0n) is 11.4. The SMILES string of the molecule is CC(OCc1ccccc1)C(=O)NC(C)c1nn[nH]n1. The third kappa shape index (κ3) is 3.86. The third-order valence-electron chi connectivity index (χ3n) is 2.82. The minimum Gasteiger partial charge on any atom is -0.364 e. The van der Waals surface area contributed by atoms with Gasteiger partial charge in [0.2, 0.25) is 5.91 Å². The lowest BCUT2D eigenvalue weighted by Crippen LogP contribution is -2.36. The molecule has 0 fully saturated rings. The zero-order chi connectivity index (χ0) is 14.4. The van der Waals surface area contributed by atoms with Gasteiger partial charge in [0.25, 0.3) is 0 Å². The Kier molecular flexibility index (Phi) is 4.78. The Morgan fingerprint density at radius 1 is 1.35 bits per heavy atom. The van der Waals surface area contributed by atoms with Gasteiger partial charge in [0.15, 0.2) is 5.82 Å². The Morgan fingerprint density at radius 3 is 2.75 bits per heavy atom. The van der Waals surface area contributed by atoms with Gasteiger partial charge in [-0.25, -0.2) is 0 Å². The number of tetrazole rings is 1. The highest BCUT2D eigenvalue weighted by molar-refractivity contribution is 5.80. The van der Waals surface area contributed by atoms with E-state index in [-0.39, 0.29) is 11.9 Å². The number of carbonyl (C=O) groups excluding carboxylic acids is 1. The number of aromatic nitrogens is 4. The van der Waals surface area contributed by atoms with Crippen molar-refractivity contribution in [3.05, 3.63) is 41.7 Å². The predicted octanol–water partition coefficient (Wildman–Crippen LogP) is 0.982. The molecule has 1 aromatic carbocycles. The minimum atomic E-state index is -0.551. The first-order valence-electron chi connectivity index (χ1n) is 6.36. The van der Waals surface area contributed by atoms with Gasteiger partial charge in [0.05, 0.1) is 12.6 Å². The Hall–Kier alpha value is -2.28. The Bertz CT molecular complexity index is 529. The quantitative estimate of drug-likeness (QED) is 0.819. The van der Waals surface area contributed by atoms with Gasteiger partial charge in [-0.1, -0.05) is 35.5 Å². The van der Waals surface area contributed by atoms with Crippen LogP contribution >= 0.6 is 0 Å². The molecule has 0 aliphatic heterocycles. The predicted molar refractivity (Wildman–Crippen MR) is 71.4 cm³/mol. The summed E-state index contributed by atoms with van der Waals surface area (Å²) in [5.74, 6) is 0.229. The van der Waals surface area contributed by atoms with Crippen molar-refractivity contribution < 1.29 is 9.53 Å². The molecule has 7 nitrogen and oxygen atoms in total. The van der Waals surface area contributed by atoms with Crippen molar-refractivity contribution in [2.24, 2.45) is 0 Å². The minimum absolute atomic E-state index is 0.210. The van der Waals surface area contributed by atoms with Crippen LogP contribution < -0.4 is 5.32 Å². The van der Waals surface area contributed by atoms with Gasteiger partial charge in [0.1, 0.15) is 6.10 Å². The van der Waals surface area contributed by atoms with Gasteiger partial charge >= 0.3 is 0 Å². The molecular formula is C13H17N5O2. The smallest absolute Gasteiger partial charge is 0.249 e. The number of benzene rings is 1. The number of carbonyl (C=O) groups is 1. The summed E-state index contributed by atoms with van der Waals surface area (Å²) in [6, 6.07) is 9.39. The van der Waals surface area contributed by atoms with Crippen LogP contribution in [0.2, 0.25) is 0 Å². The molecule has 0 bridgehead atoms. The summed E-state index contributed by atoms with van der Waals surface area (Å²) in [4.78, 5) is 11.9. The lowest BCUT2D eigenvalue weighted by Gasteiger charge is -2.16. The van der Waals surface area contributed by atoms with Crippen LogP contribution in [0.25, 0.3) is 0 Å². The van der Waals surface area contributed by atoms with Crippen LogP contribution in [0, 0.1) is 0 Å². The van der Waals surface area contributed by atoms with E-state index >= 15 is 0 Å². The molecule has 1 amide bonds.